The van der Waals surface area contributed by atoms with Gasteiger partial charge in [0.2, 0.25) is 0 Å². The third-order valence-corrected chi connectivity index (χ3v) is 5.25. The number of carbonyl (C=O) groups is 1. The van der Waals surface area contributed by atoms with E-state index in [4.69, 9.17) is 0 Å². The Morgan fingerprint density at radius 2 is 1.45 bits per heavy atom. The maximum Gasteiger partial charge on any atom is 0.309 e. The van der Waals surface area contributed by atoms with Gasteiger partial charge in [-0.25, -0.2) is 0 Å². The van der Waals surface area contributed by atoms with Gasteiger partial charge in [0, 0.05) is 0 Å². The Balaban J connectivity index is 4.73. The molecule has 0 aliphatic carbocycles. The molecule has 0 amide bonds. The Bertz CT molecular complexity index is 275. The van der Waals surface area contributed by atoms with Gasteiger partial charge in [-0.1, -0.05) is 91.9 Å². The lowest BCUT2D eigenvalue weighted by Gasteiger charge is -2.32. The maximum atomic E-state index is 11.9. The van der Waals surface area contributed by atoms with Crippen molar-refractivity contribution >= 4 is 5.97 Å². The van der Waals surface area contributed by atoms with Crippen LogP contribution in [-0.4, -0.2) is 11.1 Å². The largest absolute Gasteiger partial charge is 0.481 e. The second-order valence-corrected chi connectivity index (χ2v) is 7.10. The van der Waals surface area contributed by atoms with Gasteiger partial charge in [-0.15, -0.1) is 0 Å². The fourth-order valence-electron chi connectivity index (χ4n) is 3.54. The molecule has 0 aromatic carbocycles. The minimum absolute atomic E-state index is 0.473. The van der Waals surface area contributed by atoms with Crippen LogP contribution < -0.4 is 0 Å². The van der Waals surface area contributed by atoms with Gasteiger partial charge >= 0.3 is 5.97 Å². The molecule has 2 unspecified atom stereocenters. The molecule has 22 heavy (non-hydrogen) atoms. The Morgan fingerprint density at radius 1 is 0.864 bits per heavy atom. The van der Waals surface area contributed by atoms with Crippen LogP contribution in [0.25, 0.3) is 0 Å². The molecule has 0 spiro atoms. The lowest BCUT2D eigenvalue weighted by Crippen LogP contribution is -2.33. The van der Waals surface area contributed by atoms with E-state index in [1.54, 1.807) is 0 Å². The van der Waals surface area contributed by atoms with Crippen LogP contribution in [0.5, 0.6) is 0 Å². The summed E-state index contributed by atoms with van der Waals surface area (Å²) in [6.07, 6.45) is 14.7. The van der Waals surface area contributed by atoms with E-state index in [0.717, 1.165) is 32.1 Å². The van der Waals surface area contributed by atoms with Crippen LogP contribution in [0.4, 0.5) is 0 Å². The highest BCUT2D eigenvalue weighted by molar-refractivity contribution is 5.74. The summed E-state index contributed by atoms with van der Waals surface area (Å²) in [7, 11) is 0. The quantitative estimate of drug-likeness (QED) is 0.337. The highest BCUT2D eigenvalue weighted by Gasteiger charge is 2.37. The monoisotopic (exact) mass is 312 g/mol. The van der Waals surface area contributed by atoms with Crippen molar-refractivity contribution in [2.24, 2.45) is 11.3 Å². The molecule has 2 nitrogen and oxygen atoms in total. The van der Waals surface area contributed by atoms with E-state index in [1.165, 1.54) is 51.4 Å². The predicted octanol–water partition coefficient (Wildman–Crippen LogP) is 6.82. The molecule has 1 N–H and O–H groups in total. The van der Waals surface area contributed by atoms with Gasteiger partial charge in [0.25, 0.3) is 0 Å². The molecule has 0 saturated heterocycles. The molecule has 0 aliphatic heterocycles. The van der Waals surface area contributed by atoms with Crippen LogP contribution >= 0.6 is 0 Å². The number of hydrogen-bond donors (Lipinski definition) is 1. The third-order valence-electron chi connectivity index (χ3n) is 5.25. The Labute approximate surface area is 139 Å². The molecule has 2 atom stereocenters. The zero-order valence-corrected chi connectivity index (χ0v) is 15.6. The number of carboxylic acid groups (broad SMARTS) is 1. The van der Waals surface area contributed by atoms with Crippen molar-refractivity contribution in [1.29, 1.82) is 0 Å². The first-order valence-electron chi connectivity index (χ1n) is 9.79. The van der Waals surface area contributed by atoms with E-state index < -0.39 is 11.4 Å². The van der Waals surface area contributed by atoms with Crippen molar-refractivity contribution in [2.45, 2.75) is 111 Å². The highest BCUT2D eigenvalue weighted by atomic mass is 16.4. The van der Waals surface area contributed by atoms with Gasteiger partial charge in [0.05, 0.1) is 5.41 Å². The van der Waals surface area contributed by atoms with Crippen LogP contribution in [0, 0.1) is 11.3 Å². The maximum absolute atomic E-state index is 11.9. The van der Waals surface area contributed by atoms with E-state index in [-0.39, 0.29) is 0 Å². The van der Waals surface area contributed by atoms with E-state index in [0.29, 0.717) is 5.92 Å². The van der Waals surface area contributed by atoms with Crippen molar-refractivity contribution in [3.8, 4) is 0 Å². The molecule has 0 bridgehead atoms. The summed E-state index contributed by atoms with van der Waals surface area (Å²) < 4.78 is 0. The van der Waals surface area contributed by atoms with Crippen LogP contribution in [0.3, 0.4) is 0 Å². The molecule has 0 radical (unpaired) electrons. The SMILES string of the molecule is CCCCCCC(CCCC)CC(CC)(CCCC)C(=O)O. The zero-order chi connectivity index (χ0) is 16.8. The van der Waals surface area contributed by atoms with Crippen molar-refractivity contribution in [3.05, 3.63) is 0 Å². The smallest absolute Gasteiger partial charge is 0.309 e. The Morgan fingerprint density at radius 3 is 1.95 bits per heavy atom. The van der Waals surface area contributed by atoms with E-state index in [2.05, 4.69) is 27.7 Å². The fourth-order valence-corrected chi connectivity index (χ4v) is 3.54. The molecule has 0 rings (SSSR count). The zero-order valence-electron chi connectivity index (χ0n) is 15.6. The molecule has 0 fully saturated rings. The molecule has 0 aromatic heterocycles. The second-order valence-electron chi connectivity index (χ2n) is 7.10. The molecule has 0 heterocycles. The summed E-state index contributed by atoms with van der Waals surface area (Å²) >= 11 is 0. The molecular formula is C20H40O2. The lowest BCUT2D eigenvalue weighted by molar-refractivity contribution is -0.151. The lowest BCUT2D eigenvalue weighted by atomic mass is 9.71. The van der Waals surface area contributed by atoms with E-state index in [9.17, 15) is 9.90 Å². The highest BCUT2D eigenvalue weighted by Crippen LogP contribution is 2.39. The van der Waals surface area contributed by atoms with Gasteiger partial charge in [-0.2, -0.15) is 0 Å². The van der Waals surface area contributed by atoms with Crippen molar-refractivity contribution < 1.29 is 9.90 Å². The van der Waals surface area contributed by atoms with Crippen LogP contribution in [-0.2, 0) is 4.79 Å². The first-order chi connectivity index (χ1) is 10.6. The molecule has 0 aliphatic rings. The number of hydrogen-bond acceptors (Lipinski definition) is 1. The van der Waals surface area contributed by atoms with Gasteiger partial charge in [-0.3, -0.25) is 4.79 Å². The normalized spacial score (nSPS) is 15.5. The van der Waals surface area contributed by atoms with E-state index in [1.807, 2.05) is 0 Å². The topological polar surface area (TPSA) is 37.3 Å². The molecule has 132 valence electrons. The number of carboxylic acids is 1. The first kappa shape index (κ1) is 21.5. The average Bonchev–Trinajstić information content (AvgIpc) is 2.52. The second kappa shape index (κ2) is 13.0. The van der Waals surface area contributed by atoms with Gasteiger partial charge in [-0.05, 0) is 25.2 Å². The Hall–Kier alpha value is -0.530. The van der Waals surface area contributed by atoms with Crippen molar-refractivity contribution in [3.63, 3.8) is 0 Å². The standard InChI is InChI=1S/C20H40O2/c1-5-9-12-13-15-18(14-10-6-2)17-20(8-4,19(21)22)16-11-7-3/h18H,5-17H2,1-4H3,(H,21,22). The van der Waals surface area contributed by atoms with Gasteiger partial charge in [0.15, 0.2) is 0 Å². The van der Waals surface area contributed by atoms with E-state index >= 15 is 0 Å². The molecular weight excluding hydrogens is 272 g/mol. The summed E-state index contributed by atoms with van der Waals surface area (Å²) in [5, 5.41) is 9.83. The minimum atomic E-state index is -0.557. The minimum Gasteiger partial charge on any atom is -0.481 e. The number of unbranched alkanes of at least 4 members (excludes halogenated alkanes) is 5. The fraction of sp³-hybridized carbons (Fsp3) is 0.950. The molecule has 0 aromatic rings. The molecule has 2 heteroatoms. The van der Waals surface area contributed by atoms with Crippen LogP contribution in [0.15, 0.2) is 0 Å². The Kier molecular flexibility index (Phi) is 12.6. The summed E-state index contributed by atoms with van der Waals surface area (Å²) in [5.74, 6) is 0.0446. The van der Waals surface area contributed by atoms with Crippen LogP contribution in [0.2, 0.25) is 0 Å². The van der Waals surface area contributed by atoms with Gasteiger partial charge in [0.1, 0.15) is 0 Å². The molecule has 0 saturated carbocycles. The summed E-state index contributed by atoms with van der Waals surface area (Å²) in [6.45, 7) is 8.70. The summed E-state index contributed by atoms with van der Waals surface area (Å²) in [6, 6.07) is 0. The summed E-state index contributed by atoms with van der Waals surface area (Å²) in [5.41, 5.74) is -0.473. The van der Waals surface area contributed by atoms with Crippen LogP contribution in [0.1, 0.15) is 111 Å². The third kappa shape index (κ3) is 8.19. The summed E-state index contributed by atoms with van der Waals surface area (Å²) in [4.78, 5) is 11.9. The van der Waals surface area contributed by atoms with Crippen molar-refractivity contribution in [2.75, 3.05) is 0 Å². The van der Waals surface area contributed by atoms with Crippen molar-refractivity contribution in [1.82, 2.24) is 0 Å². The average molecular weight is 313 g/mol. The number of aliphatic carboxylic acids is 1. The predicted molar refractivity (Wildman–Crippen MR) is 96.3 cm³/mol. The first-order valence-corrected chi connectivity index (χ1v) is 9.79. The van der Waals surface area contributed by atoms with Gasteiger partial charge < -0.3 is 5.11 Å². The number of rotatable bonds is 15.